The van der Waals surface area contributed by atoms with Gasteiger partial charge in [-0.3, -0.25) is 4.79 Å². The molecule has 3 nitrogen and oxygen atoms in total. The molecular formula is C13H16O3S2. The summed E-state index contributed by atoms with van der Waals surface area (Å²) in [5.41, 5.74) is 0.702. The molecule has 1 aromatic rings. The molecule has 0 aromatic heterocycles. The van der Waals surface area contributed by atoms with Crippen molar-refractivity contribution < 1.29 is 14.3 Å². The van der Waals surface area contributed by atoms with Crippen LogP contribution in [0.4, 0.5) is 0 Å². The van der Waals surface area contributed by atoms with Gasteiger partial charge in [0, 0.05) is 22.8 Å². The monoisotopic (exact) mass is 284 g/mol. The largest absolute Gasteiger partial charge is 0.493 e. The van der Waals surface area contributed by atoms with Crippen LogP contribution >= 0.6 is 23.5 Å². The third-order valence-corrected chi connectivity index (χ3v) is 5.53. The van der Waals surface area contributed by atoms with Crippen LogP contribution in [0.25, 0.3) is 0 Å². The van der Waals surface area contributed by atoms with Crippen molar-refractivity contribution in [3.05, 3.63) is 23.8 Å². The molecule has 1 heterocycles. The molecule has 0 spiro atoms. The van der Waals surface area contributed by atoms with Crippen molar-refractivity contribution >= 4 is 29.3 Å². The first kappa shape index (κ1) is 13.6. The van der Waals surface area contributed by atoms with E-state index in [-0.39, 0.29) is 11.0 Å². The van der Waals surface area contributed by atoms with E-state index in [0.29, 0.717) is 17.1 Å². The van der Waals surface area contributed by atoms with Crippen molar-refractivity contribution in [2.24, 2.45) is 0 Å². The lowest BCUT2D eigenvalue weighted by Crippen LogP contribution is -2.24. The Hall–Kier alpha value is -0.810. The number of Topliss-reactive ketones (excluding diaryl/α,β-unsaturated/α-hetero) is 1. The molecule has 0 saturated carbocycles. The number of thioether (sulfide) groups is 2. The zero-order chi connectivity index (χ0) is 13.0. The van der Waals surface area contributed by atoms with Gasteiger partial charge in [0.05, 0.1) is 19.5 Å². The third-order valence-electron chi connectivity index (χ3n) is 2.78. The van der Waals surface area contributed by atoms with Gasteiger partial charge in [0.2, 0.25) is 0 Å². The van der Waals surface area contributed by atoms with Gasteiger partial charge < -0.3 is 9.47 Å². The van der Waals surface area contributed by atoms with Gasteiger partial charge in [0.25, 0.3) is 0 Å². The summed E-state index contributed by atoms with van der Waals surface area (Å²) in [4.78, 5) is 12.3. The maximum Gasteiger partial charge on any atom is 0.176 e. The molecule has 0 N–H and O–H groups in total. The molecule has 1 unspecified atom stereocenters. The van der Waals surface area contributed by atoms with Crippen LogP contribution in [0.1, 0.15) is 10.4 Å². The van der Waals surface area contributed by atoms with E-state index in [4.69, 9.17) is 9.47 Å². The smallest absolute Gasteiger partial charge is 0.176 e. The minimum atomic E-state index is 0.0712. The van der Waals surface area contributed by atoms with Crippen LogP contribution in [0, 0.1) is 0 Å². The number of carbonyl (C=O) groups is 1. The number of ketones is 1. The highest BCUT2D eigenvalue weighted by Gasteiger charge is 2.24. The summed E-state index contributed by atoms with van der Waals surface area (Å²) in [6, 6.07) is 5.36. The van der Waals surface area contributed by atoms with Gasteiger partial charge in [-0.15, -0.1) is 11.8 Å². The van der Waals surface area contributed by atoms with Crippen LogP contribution < -0.4 is 9.47 Å². The standard InChI is InChI=1S/C13H16O3S2/c1-15-10-4-3-9(7-11(10)16-2)13(14)12-8-17-5-6-18-12/h3-4,7,12H,5-6,8H2,1-2H3. The minimum Gasteiger partial charge on any atom is -0.493 e. The average Bonchev–Trinajstić information content (AvgIpc) is 2.46. The van der Waals surface area contributed by atoms with Gasteiger partial charge in [-0.1, -0.05) is 0 Å². The highest BCUT2D eigenvalue weighted by molar-refractivity contribution is 8.07. The predicted molar refractivity (Wildman–Crippen MR) is 77.4 cm³/mol. The van der Waals surface area contributed by atoms with E-state index < -0.39 is 0 Å². The van der Waals surface area contributed by atoms with Gasteiger partial charge in [-0.05, 0) is 18.2 Å². The summed E-state index contributed by atoms with van der Waals surface area (Å²) in [5, 5.41) is 0.0712. The van der Waals surface area contributed by atoms with Crippen molar-refractivity contribution in [2.45, 2.75) is 5.25 Å². The Bertz CT molecular complexity index is 428. The Morgan fingerprint density at radius 2 is 2.00 bits per heavy atom. The molecule has 1 saturated heterocycles. The molecular weight excluding hydrogens is 268 g/mol. The molecule has 1 aliphatic heterocycles. The molecule has 1 aromatic carbocycles. The van der Waals surface area contributed by atoms with Crippen LogP contribution in [-0.2, 0) is 0 Å². The summed E-state index contributed by atoms with van der Waals surface area (Å²) < 4.78 is 10.4. The molecule has 1 atom stereocenters. The number of methoxy groups -OCH3 is 2. The van der Waals surface area contributed by atoms with Gasteiger partial charge >= 0.3 is 0 Å². The van der Waals surface area contributed by atoms with E-state index in [1.165, 1.54) is 0 Å². The van der Waals surface area contributed by atoms with Crippen LogP contribution in [0.5, 0.6) is 11.5 Å². The highest BCUT2D eigenvalue weighted by atomic mass is 32.2. The lowest BCUT2D eigenvalue weighted by molar-refractivity contribution is 0.0994. The van der Waals surface area contributed by atoms with Crippen molar-refractivity contribution in [3.8, 4) is 11.5 Å². The fraction of sp³-hybridized carbons (Fsp3) is 0.462. The SMILES string of the molecule is COc1ccc(C(=O)C2CSCCS2)cc1OC. The zero-order valence-corrected chi connectivity index (χ0v) is 12.1. The molecule has 0 aliphatic carbocycles. The number of hydrogen-bond acceptors (Lipinski definition) is 5. The normalized spacial score (nSPS) is 19.3. The van der Waals surface area contributed by atoms with E-state index in [1.54, 1.807) is 38.1 Å². The predicted octanol–water partition coefficient (Wildman–Crippen LogP) is 2.74. The molecule has 0 radical (unpaired) electrons. The van der Waals surface area contributed by atoms with Gasteiger partial charge in [-0.2, -0.15) is 11.8 Å². The fourth-order valence-electron chi connectivity index (χ4n) is 1.81. The Kier molecular flexibility index (Phi) is 4.83. The van der Waals surface area contributed by atoms with E-state index in [2.05, 4.69) is 0 Å². The van der Waals surface area contributed by atoms with Gasteiger partial charge in [0.1, 0.15) is 0 Å². The van der Waals surface area contributed by atoms with E-state index in [0.717, 1.165) is 17.3 Å². The quantitative estimate of drug-likeness (QED) is 0.794. The van der Waals surface area contributed by atoms with Crippen LogP contribution in [0.3, 0.4) is 0 Å². The first-order valence-electron chi connectivity index (χ1n) is 5.72. The Balaban J connectivity index is 2.19. The summed E-state index contributed by atoms with van der Waals surface area (Å²) in [6.07, 6.45) is 0. The fourth-order valence-corrected chi connectivity index (χ4v) is 4.45. The molecule has 2 rings (SSSR count). The number of ether oxygens (including phenoxy) is 2. The first-order chi connectivity index (χ1) is 8.76. The molecule has 0 bridgehead atoms. The molecule has 1 aliphatic rings. The van der Waals surface area contributed by atoms with Gasteiger partial charge in [-0.25, -0.2) is 0 Å². The lowest BCUT2D eigenvalue weighted by Gasteiger charge is -2.20. The van der Waals surface area contributed by atoms with E-state index in [1.807, 2.05) is 17.8 Å². The topological polar surface area (TPSA) is 35.5 Å². The van der Waals surface area contributed by atoms with Crippen LogP contribution in [0.15, 0.2) is 18.2 Å². The summed E-state index contributed by atoms with van der Waals surface area (Å²) in [6.45, 7) is 0. The summed E-state index contributed by atoms with van der Waals surface area (Å²) in [5.74, 6) is 4.54. The first-order valence-corrected chi connectivity index (χ1v) is 7.92. The van der Waals surface area contributed by atoms with Crippen molar-refractivity contribution in [2.75, 3.05) is 31.5 Å². The van der Waals surface area contributed by atoms with Crippen molar-refractivity contribution in [1.29, 1.82) is 0 Å². The van der Waals surface area contributed by atoms with Gasteiger partial charge in [0.15, 0.2) is 17.3 Å². The molecule has 5 heteroatoms. The second-order valence-electron chi connectivity index (χ2n) is 3.87. The summed E-state index contributed by atoms with van der Waals surface area (Å²) in [7, 11) is 3.17. The zero-order valence-electron chi connectivity index (χ0n) is 10.5. The molecule has 0 amide bonds. The maximum atomic E-state index is 12.3. The lowest BCUT2D eigenvalue weighted by atomic mass is 10.1. The summed E-state index contributed by atoms with van der Waals surface area (Å²) >= 11 is 3.59. The number of benzene rings is 1. The second-order valence-corrected chi connectivity index (χ2v) is 6.33. The molecule has 98 valence electrons. The molecule has 1 fully saturated rings. The minimum absolute atomic E-state index is 0.0712. The second kappa shape index (κ2) is 6.38. The highest BCUT2D eigenvalue weighted by Crippen LogP contribution is 2.31. The number of rotatable bonds is 4. The maximum absolute atomic E-state index is 12.3. The van der Waals surface area contributed by atoms with E-state index >= 15 is 0 Å². The Morgan fingerprint density at radius 1 is 1.22 bits per heavy atom. The Labute approximate surface area is 116 Å². The number of carbonyl (C=O) groups excluding carboxylic acids is 1. The van der Waals surface area contributed by atoms with E-state index in [9.17, 15) is 4.79 Å². The average molecular weight is 284 g/mol. The molecule has 18 heavy (non-hydrogen) atoms. The van der Waals surface area contributed by atoms with Crippen LogP contribution in [-0.4, -0.2) is 42.5 Å². The van der Waals surface area contributed by atoms with Crippen molar-refractivity contribution in [1.82, 2.24) is 0 Å². The van der Waals surface area contributed by atoms with Crippen LogP contribution in [0.2, 0.25) is 0 Å². The van der Waals surface area contributed by atoms with Crippen molar-refractivity contribution in [3.63, 3.8) is 0 Å². The number of hydrogen-bond donors (Lipinski definition) is 0. The third kappa shape index (κ3) is 2.95. The Morgan fingerprint density at radius 3 is 2.61 bits per heavy atom.